The van der Waals surface area contributed by atoms with E-state index in [4.69, 9.17) is 0 Å². The molecule has 0 saturated carbocycles. The van der Waals surface area contributed by atoms with Gasteiger partial charge in [0.1, 0.15) is 0 Å². The minimum absolute atomic E-state index is 0.835. The van der Waals surface area contributed by atoms with Gasteiger partial charge < -0.3 is 4.90 Å². The van der Waals surface area contributed by atoms with Crippen LogP contribution in [0.5, 0.6) is 0 Å². The molecular formula is C18H21N3O. The van der Waals surface area contributed by atoms with Crippen LogP contribution in [0.3, 0.4) is 0 Å². The number of hydrazine groups is 1. The highest BCUT2D eigenvalue weighted by atomic mass is 16.1. The molecule has 2 aromatic carbocycles. The molecule has 3 rings (SSSR count). The molecule has 1 saturated heterocycles. The fourth-order valence-electron chi connectivity index (χ4n) is 2.90. The van der Waals surface area contributed by atoms with Gasteiger partial charge in [-0.3, -0.25) is 4.79 Å². The number of aryl methyl sites for hydroxylation is 1. The molecule has 0 radical (unpaired) electrons. The zero-order valence-electron chi connectivity index (χ0n) is 12.9. The molecule has 1 amide bonds. The van der Waals surface area contributed by atoms with Crippen LogP contribution in [0.15, 0.2) is 54.6 Å². The van der Waals surface area contributed by atoms with Crippen LogP contribution in [0.2, 0.25) is 0 Å². The van der Waals surface area contributed by atoms with Crippen molar-refractivity contribution in [2.24, 2.45) is 0 Å². The quantitative estimate of drug-likeness (QED) is 0.811. The van der Waals surface area contributed by atoms with Crippen molar-refractivity contribution >= 4 is 17.8 Å². The van der Waals surface area contributed by atoms with Gasteiger partial charge in [-0.15, -0.1) is 0 Å². The number of benzene rings is 2. The number of nitrogens with zero attached hydrogens (tertiary/aromatic N) is 3. The third-order valence-electron chi connectivity index (χ3n) is 4.14. The molecule has 22 heavy (non-hydrogen) atoms. The molecule has 0 aromatic heterocycles. The number of rotatable bonds is 4. The third-order valence-corrected chi connectivity index (χ3v) is 4.14. The van der Waals surface area contributed by atoms with Gasteiger partial charge in [0.25, 0.3) is 0 Å². The van der Waals surface area contributed by atoms with Crippen molar-refractivity contribution in [1.29, 1.82) is 0 Å². The number of para-hydroxylation sites is 2. The van der Waals surface area contributed by atoms with Crippen molar-refractivity contribution in [3.05, 3.63) is 60.2 Å². The van der Waals surface area contributed by atoms with Crippen molar-refractivity contribution in [3.63, 3.8) is 0 Å². The topological polar surface area (TPSA) is 26.8 Å². The summed E-state index contributed by atoms with van der Waals surface area (Å²) in [6.07, 6.45) is 0.917. The van der Waals surface area contributed by atoms with E-state index in [0.717, 1.165) is 43.8 Å². The van der Waals surface area contributed by atoms with Crippen LogP contribution in [0.4, 0.5) is 11.4 Å². The summed E-state index contributed by atoms with van der Waals surface area (Å²) < 4.78 is 0. The Morgan fingerprint density at radius 3 is 2.18 bits per heavy atom. The highest BCUT2D eigenvalue weighted by Gasteiger charge is 2.23. The van der Waals surface area contributed by atoms with Gasteiger partial charge in [0.15, 0.2) is 0 Å². The van der Waals surface area contributed by atoms with E-state index in [1.165, 1.54) is 5.69 Å². The van der Waals surface area contributed by atoms with Gasteiger partial charge in [-0.2, -0.15) is 0 Å². The molecule has 1 aliphatic heterocycles. The second kappa shape index (κ2) is 6.62. The number of piperazine rings is 1. The van der Waals surface area contributed by atoms with Gasteiger partial charge in [0.05, 0.1) is 5.69 Å². The summed E-state index contributed by atoms with van der Waals surface area (Å²) in [7, 11) is 0. The molecular weight excluding hydrogens is 274 g/mol. The first-order valence-electron chi connectivity index (χ1n) is 7.64. The molecule has 0 spiro atoms. The average molecular weight is 295 g/mol. The lowest BCUT2D eigenvalue weighted by molar-refractivity contribution is -0.110. The molecule has 4 heteroatoms. The first kappa shape index (κ1) is 14.6. The Labute approximate surface area is 131 Å². The van der Waals surface area contributed by atoms with Crippen molar-refractivity contribution in [1.82, 2.24) is 5.01 Å². The molecule has 1 aliphatic rings. The Hall–Kier alpha value is -2.33. The van der Waals surface area contributed by atoms with Gasteiger partial charge in [0.2, 0.25) is 6.41 Å². The first-order chi connectivity index (χ1) is 10.8. The van der Waals surface area contributed by atoms with E-state index < -0.39 is 0 Å². The monoisotopic (exact) mass is 295 g/mol. The Morgan fingerprint density at radius 1 is 0.909 bits per heavy atom. The van der Waals surface area contributed by atoms with E-state index in [0.29, 0.717) is 0 Å². The molecule has 4 nitrogen and oxygen atoms in total. The maximum atomic E-state index is 11.6. The van der Waals surface area contributed by atoms with Crippen molar-refractivity contribution in [3.8, 4) is 0 Å². The fourth-order valence-corrected chi connectivity index (χ4v) is 2.90. The highest BCUT2D eigenvalue weighted by molar-refractivity contribution is 5.75. The molecule has 1 heterocycles. The molecule has 0 N–H and O–H groups in total. The number of carbonyl (C=O) groups is 1. The maximum absolute atomic E-state index is 11.6. The summed E-state index contributed by atoms with van der Waals surface area (Å²) in [4.78, 5) is 13.9. The van der Waals surface area contributed by atoms with Gasteiger partial charge in [-0.25, -0.2) is 10.0 Å². The highest BCUT2D eigenvalue weighted by Crippen LogP contribution is 2.22. The lowest BCUT2D eigenvalue weighted by atomic mass is 10.2. The Morgan fingerprint density at radius 2 is 1.55 bits per heavy atom. The second-order valence-electron chi connectivity index (χ2n) is 5.51. The second-order valence-corrected chi connectivity index (χ2v) is 5.51. The standard InChI is InChI=1S/C18H21N3O/c1-16-7-5-6-10-18(16)21(15-22)20-13-11-19(12-14-20)17-8-3-2-4-9-17/h2-10,15H,11-14H2,1H3. The van der Waals surface area contributed by atoms with Crippen LogP contribution in [0.1, 0.15) is 5.56 Å². The third kappa shape index (κ3) is 2.97. The van der Waals surface area contributed by atoms with E-state index in [1.807, 2.05) is 37.3 Å². The Kier molecular flexibility index (Phi) is 4.39. The molecule has 2 aromatic rings. The summed E-state index contributed by atoms with van der Waals surface area (Å²) >= 11 is 0. The SMILES string of the molecule is Cc1ccccc1N(C=O)N1CCN(c2ccccc2)CC1. The number of carbonyl (C=O) groups excluding carboxylic acids is 1. The predicted octanol–water partition coefficient (Wildman–Crippen LogP) is 2.70. The first-order valence-corrected chi connectivity index (χ1v) is 7.64. The lowest BCUT2D eigenvalue weighted by Gasteiger charge is -2.40. The van der Waals surface area contributed by atoms with E-state index in [1.54, 1.807) is 5.01 Å². The molecule has 1 fully saturated rings. The number of hydrogen-bond acceptors (Lipinski definition) is 3. The molecule has 114 valence electrons. The minimum Gasteiger partial charge on any atom is -0.369 e. The number of amides is 1. The Bertz CT molecular complexity index is 621. The van der Waals surface area contributed by atoms with Gasteiger partial charge in [-0.05, 0) is 30.7 Å². The summed E-state index contributed by atoms with van der Waals surface area (Å²) in [6, 6.07) is 18.4. The fraction of sp³-hybridized carbons (Fsp3) is 0.278. The van der Waals surface area contributed by atoms with E-state index in [-0.39, 0.29) is 0 Å². The van der Waals surface area contributed by atoms with Gasteiger partial charge in [-0.1, -0.05) is 36.4 Å². The van der Waals surface area contributed by atoms with E-state index in [2.05, 4.69) is 34.2 Å². The van der Waals surface area contributed by atoms with Crippen LogP contribution in [-0.4, -0.2) is 37.6 Å². The predicted molar refractivity (Wildman–Crippen MR) is 90.0 cm³/mol. The number of hydrogen-bond donors (Lipinski definition) is 0. The van der Waals surface area contributed by atoms with Crippen LogP contribution in [0, 0.1) is 6.92 Å². The maximum Gasteiger partial charge on any atom is 0.228 e. The van der Waals surface area contributed by atoms with Gasteiger partial charge >= 0.3 is 0 Å². The molecule has 0 bridgehead atoms. The van der Waals surface area contributed by atoms with Crippen molar-refractivity contribution in [2.75, 3.05) is 36.1 Å². The van der Waals surface area contributed by atoms with E-state index in [9.17, 15) is 4.79 Å². The van der Waals surface area contributed by atoms with E-state index >= 15 is 0 Å². The summed E-state index contributed by atoms with van der Waals surface area (Å²) in [5.41, 5.74) is 3.32. The van der Waals surface area contributed by atoms with Crippen molar-refractivity contribution < 1.29 is 4.79 Å². The minimum atomic E-state index is 0.835. The lowest BCUT2D eigenvalue weighted by Crippen LogP contribution is -2.53. The van der Waals surface area contributed by atoms with Crippen LogP contribution >= 0.6 is 0 Å². The van der Waals surface area contributed by atoms with Crippen LogP contribution in [0.25, 0.3) is 0 Å². The van der Waals surface area contributed by atoms with Crippen LogP contribution < -0.4 is 9.91 Å². The zero-order valence-corrected chi connectivity index (χ0v) is 12.9. The molecule has 0 atom stereocenters. The van der Waals surface area contributed by atoms with Gasteiger partial charge in [0, 0.05) is 31.9 Å². The number of anilines is 2. The molecule has 0 aliphatic carbocycles. The summed E-state index contributed by atoms with van der Waals surface area (Å²) in [6.45, 7) is 5.54. The average Bonchev–Trinajstić information content (AvgIpc) is 2.59. The van der Waals surface area contributed by atoms with Crippen molar-refractivity contribution in [2.45, 2.75) is 6.92 Å². The Balaban J connectivity index is 1.70. The zero-order chi connectivity index (χ0) is 15.4. The smallest absolute Gasteiger partial charge is 0.228 e. The molecule has 0 unspecified atom stereocenters. The summed E-state index contributed by atoms with van der Waals surface area (Å²) in [5, 5.41) is 3.87. The normalized spacial score (nSPS) is 15.6. The largest absolute Gasteiger partial charge is 0.369 e. The summed E-state index contributed by atoms with van der Waals surface area (Å²) in [5.74, 6) is 0. The van der Waals surface area contributed by atoms with Crippen LogP contribution in [-0.2, 0) is 4.79 Å².